The molecule has 0 aromatic heterocycles. The van der Waals surface area contributed by atoms with Gasteiger partial charge in [0, 0.05) is 19.7 Å². The molecule has 0 aliphatic heterocycles. The zero-order valence-corrected chi connectivity index (χ0v) is 11.9. The fourth-order valence-electron chi connectivity index (χ4n) is 2.04. The van der Waals surface area contributed by atoms with Crippen LogP contribution in [0.25, 0.3) is 0 Å². The van der Waals surface area contributed by atoms with Crippen LogP contribution in [0.4, 0.5) is 0 Å². The lowest BCUT2D eigenvalue weighted by Crippen LogP contribution is -2.35. The Balaban J connectivity index is 3.19. The minimum atomic E-state index is -1.17. The van der Waals surface area contributed by atoms with Crippen LogP contribution in [0.15, 0.2) is 24.3 Å². The number of ketones is 1. The summed E-state index contributed by atoms with van der Waals surface area (Å²) in [4.78, 5) is 37.1. The van der Waals surface area contributed by atoms with Crippen LogP contribution >= 0.6 is 0 Å². The summed E-state index contributed by atoms with van der Waals surface area (Å²) in [5.74, 6) is -2.71. The van der Waals surface area contributed by atoms with Gasteiger partial charge in [-0.3, -0.25) is 9.59 Å². The van der Waals surface area contributed by atoms with Crippen molar-refractivity contribution in [1.82, 2.24) is 4.90 Å². The zero-order valence-electron chi connectivity index (χ0n) is 11.9. The Morgan fingerprint density at radius 1 is 1.15 bits per heavy atom. The number of aromatic carboxylic acids is 1. The predicted molar refractivity (Wildman–Crippen MR) is 74.8 cm³/mol. The third-order valence-electron chi connectivity index (χ3n) is 3.06. The standard InChI is InChI=1S/C15H19NO4/c1-4-7-12(14(18)16(2)3)13(17)10-8-5-6-9-11(10)15(19)20/h5-6,8-9,12H,4,7H2,1-3H3,(H,19,20). The number of rotatable bonds is 6. The highest BCUT2D eigenvalue weighted by Gasteiger charge is 2.30. The predicted octanol–water partition coefficient (Wildman–Crippen LogP) is 2.07. The fourth-order valence-corrected chi connectivity index (χ4v) is 2.04. The van der Waals surface area contributed by atoms with Crippen LogP contribution in [0, 0.1) is 5.92 Å². The summed E-state index contributed by atoms with van der Waals surface area (Å²) in [5.41, 5.74) is 0.0267. The number of Topliss-reactive ketones (excluding diaryl/α,β-unsaturated/α-hetero) is 1. The largest absolute Gasteiger partial charge is 0.478 e. The van der Waals surface area contributed by atoms with Crippen molar-refractivity contribution in [1.29, 1.82) is 0 Å². The van der Waals surface area contributed by atoms with Crippen molar-refractivity contribution in [3.05, 3.63) is 35.4 Å². The van der Waals surface area contributed by atoms with Crippen molar-refractivity contribution in [2.45, 2.75) is 19.8 Å². The van der Waals surface area contributed by atoms with E-state index >= 15 is 0 Å². The van der Waals surface area contributed by atoms with Crippen molar-refractivity contribution in [3.63, 3.8) is 0 Å². The quantitative estimate of drug-likeness (QED) is 0.638. The summed E-state index contributed by atoms with van der Waals surface area (Å²) in [6.45, 7) is 1.88. The summed E-state index contributed by atoms with van der Waals surface area (Å²) < 4.78 is 0. The third kappa shape index (κ3) is 3.44. The lowest BCUT2D eigenvalue weighted by Gasteiger charge is -2.19. The average Bonchev–Trinajstić information content (AvgIpc) is 2.43. The SMILES string of the molecule is CCCC(C(=O)c1ccccc1C(=O)O)C(=O)N(C)C. The molecule has 0 heterocycles. The summed E-state index contributed by atoms with van der Waals surface area (Å²) in [7, 11) is 3.17. The Morgan fingerprint density at radius 3 is 2.15 bits per heavy atom. The molecule has 0 saturated carbocycles. The maximum atomic E-state index is 12.5. The van der Waals surface area contributed by atoms with E-state index in [1.807, 2.05) is 6.92 Å². The molecular formula is C15H19NO4. The van der Waals surface area contributed by atoms with Crippen molar-refractivity contribution >= 4 is 17.7 Å². The van der Waals surface area contributed by atoms with Gasteiger partial charge in [0.25, 0.3) is 0 Å². The molecule has 108 valence electrons. The molecule has 0 radical (unpaired) electrons. The molecule has 1 aromatic rings. The third-order valence-corrected chi connectivity index (χ3v) is 3.06. The highest BCUT2D eigenvalue weighted by molar-refractivity contribution is 6.14. The monoisotopic (exact) mass is 277 g/mol. The van der Waals surface area contributed by atoms with Crippen LogP contribution in [-0.2, 0) is 4.79 Å². The van der Waals surface area contributed by atoms with E-state index in [0.717, 1.165) is 0 Å². The highest BCUT2D eigenvalue weighted by atomic mass is 16.4. The van der Waals surface area contributed by atoms with Crippen LogP contribution < -0.4 is 0 Å². The Kier molecular flexibility index (Phi) is 5.43. The molecule has 5 heteroatoms. The molecule has 0 fully saturated rings. The lowest BCUT2D eigenvalue weighted by atomic mass is 9.90. The van der Waals surface area contributed by atoms with E-state index in [4.69, 9.17) is 5.11 Å². The van der Waals surface area contributed by atoms with E-state index in [2.05, 4.69) is 0 Å². The Morgan fingerprint density at radius 2 is 1.70 bits per heavy atom. The molecule has 1 rings (SSSR count). The van der Waals surface area contributed by atoms with Gasteiger partial charge in [0.1, 0.15) is 5.92 Å². The van der Waals surface area contributed by atoms with Gasteiger partial charge in [0.05, 0.1) is 5.56 Å². The Hall–Kier alpha value is -2.17. The van der Waals surface area contributed by atoms with Crippen LogP contribution in [0.3, 0.4) is 0 Å². The van der Waals surface area contributed by atoms with Gasteiger partial charge in [-0.1, -0.05) is 31.5 Å². The number of hydrogen-bond donors (Lipinski definition) is 1. The smallest absolute Gasteiger partial charge is 0.336 e. The molecule has 5 nitrogen and oxygen atoms in total. The van der Waals surface area contributed by atoms with Gasteiger partial charge < -0.3 is 10.0 Å². The van der Waals surface area contributed by atoms with Crippen molar-refractivity contribution in [3.8, 4) is 0 Å². The van der Waals surface area contributed by atoms with Gasteiger partial charge in [-0.2, -0.15) is 0 Å². The van der Waals surface area contributed by atoms with E-state index < -0.39 is 17.7 Å². The molecule has 0 aliphatic carbocycles. The Labute approximate surface area is 118 Å². The number of carboxylic acids is 1. The molecule has 1 atom stereocenters. The molecular weight excluding hydrogens is 258 g/mol. The minimum Gasteiger partial charge on any atom is -0.478 e. The molecule has 1 unspecified atom stereocenters. The minimum absolute atomic E-state index is 0.0647. The van der Waals surface area contributed by atoms with E-state index in [0.29, 0.717) is 12.8 Å². The number of amides is 1. The Bertz CT molecular complexity index is 522. The first-order chi connectivity index (χ1) is 9.40. The maximum Gasteiger partial charge on any atom is 0.336 e. The number of carbonyl (C=O) groups is 3. The van der Waals surface area contributed by atoms with Gasteiger partial charge >= 0.3 is 5.97 Å². The van der Waals surface area contributed by atoms with E-state index in [9.17, 15) is 14.4 Å². The number of hydrogen-bond acceptors (Lipinski definition) is 3. The number of nitrogens with zero attached hydrogens (tertiary/aromatic N) is 1. The summed E-state index contributed by atoms with van der Waals surface area (Å²) in [6, 6.07) is 5.99. The summed E-state index contributed by atoms with van der Waals surface area (Å²) >= 11 is 0. The summed E-state index contributed by atoms with van der Waals surface area (Å²) in [5, 5.41) is 9.13. The number of benzene rings is 1. The van der Waals surface area contributed by atoms with Gasteiger partial charge in [0.15, 0.2) is 5.78 Å². The van der Waals surface area contributed by atoms with Crippen LogP contribution in [0.5, 0.6) is 0 Å². The van der Waals surface area contributed by atoms with Gasteiger partial charge in [0.2, 0.25) is 5.91 Å². The van der Waals surface area contributed by atoms with E-state index in [1.54, 1.807) is 26.2 Å². The fraction of sp³-hybridized carbons (Fsp3) is 0.400. The van der Waals surface area contributed by atoms with Crippen LogP contribution in [-0.4, -0.2) is 41.8 Å². The lowest BCUT2D eigenvalue weighted by molar-refractivity contribution is -0.131. The first-order valence-electron chi connectivity index (χ1n) is 6.47. The highest BCUT2D eigenvalue weighted by Crippen LogP contribution is 2.19. The number of carbonyl (C=O) groups excluding carboxylic acids is 2. The van der Waals surface area contributed by atoms with E-state index in [1.165, 1.54) is 17.0 Å². The normalized spacial score (nSPS) is 11.8. The van der Waals surface area contributed by atoms with Gasteiger partial charge in [-0.15, -0.1) is 0 Å². The second-order valence-corrected chi connectivity index (χ2v) is 4.79. The molecule has 20 heavy (non-hydrogen) atoms. The molecule has 0 bridgehead atoms. The zero-order chi connectivity index (χ0) is 15.3. The van der Waals surface area contributed by atoms with Crippen LogP contribution in [0.1, 0.15) is 40.5 Å². The molecule has 1 aromatic carbocycles. The molecule has 0 saturated heterocycles. The number of carboxylic acid groups (broad SMARTS) is 1. The summed E-state index contributed by atoms with van der Waals surface area (Å²) in [6.07, 6.45) is 1.08. The van der Waals surface area contributed by atoms with E-state index in [-0.39, 0.29) is 17.0 Å². The second-order valence-electron chi connectivity index (χ2n) is 4.79. The molecule has 1 N–H and O–H groups in total. The maximum absolute atomic E-state index is 12.5. The first-order valence-corrected chi connectivity index (χ1v) is 6.47. The topological polar surface area (TPSA) is 74.7 Å². The first kappa shape index (κ1) is 15.9. The van der Waals surface area contributed by atoms with Crippen LogP contribution in [0.2, 0.25) is 0 Å². The molecule has 0 aliphatic rings. The van der Waals surface area contributed by atoms with Crippen molar-refractivity contribution in [2.24, 2.45) is 5.92 Å². The van der Waals surface area contributed by atoms with Gasteiger partial charge in [-0.05, 0) is 12.5 Å². The molecule has 0 spiro atoms. The van der Waals surface area contributed by atoms with Crippen molar-refractivity contribution in [2.75, 3.05) is 14.1 Å². The van der Waals surface area contributed by atoms with Gasteiger partial charge in [-0.25, -0.2) is 4.79 Å². The second kappa shape index (κ2) is 6.84. The molecule has 1 amide bonds. The average molecular weight is 277 g/mol. The van der Waals surface area contributed by atoms with Crippen molar-refractivity contribution < 1.29 is 19.5 Å².